The van der Waals surface area contributed by atoms with Gasteiger partial charge in [0.25, 0.3) is 5.56 Å². The van der Waals surface area contributed by atoms with Crippen molar-refractivity contribution in [1.29, 1.82) is 0 Å². The summed E-state index contributed by atoms with van der Waals surface area (Å²) < 4.78 is 7.21. The van der Waals surface area contributed by atoms with Crippen LogP contribution in [-0.2, 0) is 6.54 Å². The molecule has 11 heteroatoms. The minimum Gasteiger partial charge on any atom is -0.347 e. The van der Waals surface area contributed by atoms with Gasteiger partial charge in [-0.25, -0.2) is 4.79 Å². The van der Waals surface area contributed by atoms with E-state index in [-0.39, 0.29) is 24.0 Å². The van der Waals surface area contributed by atoms with E-state index >= 15 is 0 Å². The average Bonchev–Trinajstić information content (AvgIpc) is 3.47. The first-order valence-electron chi connectivity index (χ1n) is 10.6. The van der Waals surface area contributed by atoms with Crippen LogP contribution in [0, 0.1) is 6.92 Å². The molecule has 1 aromatic carbocycles. The van der Waals surface area contributed by atoms with Gasteiger partial charge < -0.3 is 14.7 Å². The van der Waals surface area contributed by atoms with Crippen molar-refractivity contribution in [2.75, 3.05) is 26.2 Å². The van der Waals surface area contributed by atoms with Crippen LogP contribution in [0.3, 0.4) is 0 Å². The minimum atomic E-state index is -0.650. The number of benzene rings is 1. The Morgan fingerprint density at radius 2 is 1.88 bits per heavy atom. The average molecular weight is 439 g/mol. The number of hydrogen-bond acceptors (Lipinski definition) is 8. The molecule has 1 saturated heterocycles. The van der Waals surface area contributed by atoms with Gasteiger partial charge in [0.2, 0.25) is 5.82 Å². The highest BCUT2D eigenvalue weighted by Gasteiger charge is 2.22. The molecule has 0 aliphatic carbocycles. The van der Waals surface area contributed by atoms with Gasteiger partial charge in [-0.05, 0) is 51.9 Å². The van der Waals surface area contributed by atoms with Gasteiger partial charge in [0.05, 0.1) is 5.69 Å². The maximum atomic E-state index is 12.8. The van der Waals surface area contributed by atoms with Crippen LogP contribution in [0.15, 0.2) is 38.4 Å². The second-order valence-corrected chi connectivity index (χ2v) is 7.66. The summed E-state index contributed by atoms with van der Waals surface area (Å²) in [5, 5.41) is 10.7. The Bertz CT molecular complexity index is 1220. The zero-order valence-corrected chi connectivity index (χ0v) is 18.1. The fraction of sp³-hybridized carbons (Fsp3) is 0.429. The van der Waals surface area contributed by atoms with Crippen LogP contribution >= 0.6 is 0 Å². The fourth-order valence-electron chi connectivity index (χ4n) is 3.61. The van der Waals surface area contributed by atoms with Crippen molar-refractivity contribution < 1.29 is 9.32 Å². The smallest absolute Gasteiger partial charge is 0.347 e. The Morgan fingerprint density at radius 1 is 1.16 bits per heavy atom. The number of amides is 1. The van der Waals surface area contributed by atoms with Crippen molar-refractivity contribution in [3.05, 3.63) is 56.6 Å². The van der Waals surface area contributed by atoms with E-state index in [2.05, 4.69) is 25.5 Å². The summed E-state index contributed by atoms with van der Waals surface area (Å²) in [6.07, 6.45) is 2.35. The molecule has 1 amide bonds. The lowest BCUT2D eigenvalue weighted by Crippen LogP contribution is -2.41. The van der Waals surface area contributed by atoms with E-state index in [1.54, 1.807) is 19.1 Å². The predicted octanol–water partition coefficient (Wildman–Crippen LogP) is 0.598. The molecular formula is C21H25N7O4. The van der Waals surface area contributed by atoms with Crippen LogP contribution in [0.1, 0.15) is 36.0 Å². The molecular weight excluding hydrogens is 414 g/mol. The van der Waals surface area contributed by atoms with E-state index in [4.69, 9.17) is 4.52 Å². The van der Waals surface area contributed by atoms with Gasteiger partial charge >= 0.3 is 17.5 Å². The quantitative estimate of drug-likeness (QED) is 0.567. The molecule has 1 N–H and O–H groups in total. The van der Waals surface area contributed by atoms with Crippen molar-refractivity contribution in [1.82, 2.24) is 34.7 Å². The summed E-state index contributed by atoms with van der Waals surface area (Å²) in [5.41, 5.74) is 0.111. The largest absolute Gasteiger partial charge is 0.352 e. The molecule has 11 nitrogen and oxygen atoms in total. The zero-order chi connectivity index (χ0) is 22.7. The summed E-state index contributed by atoms with van der Waals surface area (Å²) in [6.45, 7) is 7.02. The monoisotopic (exact) mass is 439 g/mol. The Hall–Kier alpha value is -3.60. The normalized spacial score (nSPS) is 14.1. The SMILES string of the molecule is CCn1c(=O)c(-c2noc(C(=O)NCCN3CCCC3)n2)nn(-c2ccc(C)cc2)c1=O. The second-order valence-electron chi connectivity index (χ2n) is 7.66. The van der Waals surface area contributed by atoms with Crippen LogP contribution < -0.4 is 16.6 Å². The number of rotatable bonds is 7. The molecule has 0 radical (unpaired) electrons. The molecule has 0 bridgehead atoms. The predicted molar refractivity (Wildman–Crippen MR) is 116 cm³/mol. The highest BCUT2D eigenvalue weighted by molar-refractivity contribution is 5.89. The maximum Gasteiger partial charge on any atom is 0.352 e. The lowest BCUT2D eigenvalue weighted by molar-refractivity contribution is 0.0906. The molecule has 32 heavy (non-hydrogen) atoms. The molecule has 0 saturated carbocycles. The van der Waals surface area contributed by atoms with E-state index in [9.17, 15) is 14.4 Å². The number of aryl methyl sites for hydroxylation is 1. The first kappa shape index (κ1) is 21.6. The number of nitrogens with one attached hydrogen (secondary N) is 1. The number of likely N-dealkylation sites (tertiary alicyclic amines) is 1. The van der Waals surface area contributed by atoms with E-state index in [1.165, 1.54) is 12.8 Å². The van der Waals surface area contributed by atoms with Gasteiger partial charge in [0.15, 0.2) is 5.69 Å². The molecule has 1 aliphatic heterocycles. The number of hydrogen-bond donors (Lipinski definition) is 1. The Kier molecular flexibility index (Phi) is 6.26. The fourth-order valence-corrected chi connectivity index (χ4v) is 3.61. The van der Waals surface area contributed by atoms with Crippen molar-refractivity contribution in [2.45, 2.75) is 33.2 Å². The maximum absolute atomic E-state index is 12.8. The summed E-state index contributed by atoms with van der Waals surface area (Å²) in [4.78, 5) is 44.3. The van der Waals surface area contributed by atoms with Crippen LogP contribution in [0.4, 0.5) is 0 Å². The van der Waals surface area contributed by atoms with Gasteiger partial charge in [-0.1, -0.05) is 22.9 Å². The molecule has 1 fully saturated rings. The van der Waals surface area contributed by atoms with E-state index in [1.807, 2.05) is 19.1 Å². The summed E-state index contributed by atoms with van der Waals surface area (Å²) in [7, 11) is 0. The molecule has 3 aromatic rings. The van der Waals surface area contributed by atoms with Crippen LogP contribution in [0.25, 0.3) is 17.2 Å². The third-order valence-corrected chi connectivity index (χ3v) is 5.40. The highest BCUT2D eigenvalue weighted by atomic mass is 16.5. The van der Waals surface area contributed by atoms with Crippen LogP contribution in [-0.4, -0.2) is 61.5 Å². The molecule has 4 rings (SSSR count). The van der Waals surface area contributed by atoms with Gasteiger partial charge in [0, 0.05) is 19.6 Å². The molecule has 0 spiro atoms. The molecule has 0 atom stereocenters. The number of carbonyl (C=O) groups excluding carboxylic acids is 1. The first-order valence-corrected chi connectivity index (χ1v) is 10.6. The Labute approximate surface area is 183 Å². The zero-order valence-electron chi connectivity index (χ0n) is 18.1. The van der Waals surface area contributed by atoms with Crippen molar-refractivity contribution in [2.24, 2.45) is 0 Å². The van der Waals surface area contributed by atoms with Crippen LogP contribution in [0.5, 0.6) is 0 Å². The first-order chi connectivity index (χ1) is 15.5. The number of carbonyl (C=O) groups is 1. The van der Waals surface area contributed by atoms with E-state index in [0.717, 1.165) is 34.4 Å². The second kappa shape index (κ2) is 9.27. The number of aromatic nitrogens is 5. The Morgan fingerprint density at radius 3 is 2.56 bits per heavy atom. The lowest BCUT2D eigenvalue weighted by Gasteiger charge is -2.13. The standard InChI is InChI=1S/C21H25N7O4/c1-3-27-20(30)16(24-28(21(27)31)15-8-6-14(2)7-9-15)17-23-19(32-25-17)18(29)22-10-13-26-11-4-5-12-26/h6-9H,3-5,10-13H2,1-2H3,(H,22,29). The minimum absolute atomic E-state index is 0.140. The summed E-state index contributed by atoms with van der Waals surface area (Å²) in [5.74, 6) is -0.938. The van der Waals surface area contributed by atoms with Gasteiger partial charge in [-0.2, -0.15) is 14.8 Å². The molecule has 0 unspecified atom stereocenters. The summed E-state index contributed by atoms with van der Waals surface area (Å²) >= 11 is 0. The van der Waals surface area contributed by atoms with Gasteiger partial charge in [-0.15, -0.1) is 0 Å². The van der Waals surface area contributed by atoms with Gasteiger partial charge in [0.1, 0.15) is 0 Å². The van der Waals surface area contributed by atoms with Crippen molar-refractivity contribution in [3.8, 4) is 17.2 Å². The third-order valence-electron chi connectivity index (χ3n) is 5.40. The van der Waals surface area contributed by atoms with E-state index < -0.39 is 17.2 Å². The topological polar surface area (TPSA) is 128 Å². The van der Waals surface area contributed by atoms with Crippen molar-refractivity contribution >= 4 is 5.91 Å². The third kappa shape index (κ3) is 4.37. The van der Waals surface area contributed by atoms with Crippen molar-refractivity contribution in [3.63, 3.8) is 0 Å². The number of nitrogens with zero attached hydrogens (tertiary/aromatic N) is 6. The molecule has 1 aliphatic rings. The van der Waals surface area contributed by atoms with Crippen LogP contribution in [0.2, 0.25) is 0 Å². The molecule has 3 heterocycles. The molecule has 168 valence electrons. The highest BCUT2D eigenvalue weighted by Crippen LogP contribution is 2.11. The van der Waals surface area contributed by atoms with E-state index in [0.29, 0.717) is 12.2 Å². The Balaban J connectivity index is 1.60. The lowest BCUT2D eigenvalue weighted by atomic mass is 10.2. The molecule has 2 aromatic heterocycles. The van der Waals surface area contributed by atoms with Gasteiger partial charge in [-0.3, -0.25) is 14.2 Å². The summed E-state index contributed by atoms with van der Waals surface area (Å²) in [6, 6.07) is 7.13.